The maximum absolute atomic E-state index is 12.5. The van der Waals surface area contributed by atoms with Crippen molar-refractivity contribution in [2.24, 2.45) is 0 Å². The van der Waals surface area contributed by atoms with Gasteiger partial charge in [-0.15, -0.1) is 0 Å². The molecule has 33 heavy (non-hydrogen) atoms. The van der Waals surface area contributed by atoms with E-state index in [2.05, 4.69) is 5.32 Å². The maximum atomic E-state index is 12.5. The molecular weight excluding hydrogens is 474 g/mol. The average Bonchev–Trinajstić information content (AvgIpc) is 2.96. The number of imide groups is 1. The summed E-state index contributed by atoms with van der Waals surface area (Å²) < 4.78 is 29.9. The molecule has 2 N–H and O–H groups in total. The highest BCUT2D eigenvalue weighted by atomic mass is 35.5. The van der Waals surface area contributed by atoms with Crippen LogP contribution in [0.2, 0.25) is 5.02 Å². The summed E-state index contributed by atoms with van der Waals surface area (Å²) in [4.78, 5) is 36.4. The first-order valence-electron chi connectivity index (χ1n) is 9.60. The fourth-order valence-corrected chi connectivity index (χ4v) is 4.10. The predicted octanol–water partition coefficient (Wildman–Crippen LogP) is 2.08. The number of amides is 4. The monoisotopic (exact) mass is 493 g/mol. The molecule has 1 atom stereocenters. The second kappa shape index (κ2) is 9.61. The van der Waals surface area contributed by atoms with E-state index in [1.165, 1.54) is 38.1 Å². The van der Waals surface area contributed by atoms with Crippen LogP contribution in [-0.2, 0) is 19.9 Å². The standard InChI is InChI=1S/C21H20ClN3O7S/c1-21(2)19(27)24(20(28)23-21)11-17(25(29)12-26)18(33(30)31)13-3-7-15(8-4-13)32-16-9-5-14(22)6-10-16/h3-10,12,17,29H,11H2,1-2H3,(H,23,28). The van der Waals surface area contributed by atoms with Gasteiger partial charge in [-0.25, -0.2) is 9.86 Å². The third-order valence-corrected chi connectivity index (χ3v) is 6.02. The number of hydroxylamine groups is 2. The highest BCUT2D eigenvalue weighted by Crippen LogP contribution is 2.24. The van der Waals surface area contributed by atoms with Crippen molar-refractivity contribution in [1.29, 1.82) is 0 Å². The van der Waals surface area contributed by atoms with E-state index in [4.69, 9.17) is 16.3 Å². The number of nitrogens with one attached hydrogen (secondary N) is 1. The molecule has 2 aromatic rings. The first-order chi connectivity index (χ1) is 15.5. The predicted molar refractivity (Wildman–Crippen MR) is 119 cm³/mol. The third-order valence-electron chi connectivity index (χ3n) is 4.90. The van der Waals surface area contributed by atoms with Crippen LogP contribution >= 0.6 is 11.6 Å². The van der Waals surface area contributed by atoms with Gasteiger partial charge in [0.05, 0.1) is 6.54 Å². The fraction of sp³-hybridized carbons (Fsp3) is 0.238. The number of ether oxygens (including phenoxy) is 1. The molecule has 174 valence electrons. The number of rotatable bonds is 8. The van der Waals surface area contributed by atoms with Gasteiger partial charge in [0.15, 0.2) is 0 Å². The molecule has 1 saturated heterocycles. The minimum Gasteiger partial charge on any atom is -0.457 e. The molecule has 2 aromatic carbocycles. The van der Waals surface area contributed by atoms with Gasteiger partial charge in [-0.1, -0.05) is 11.6 Å². The van der Waals surface area contributed by atoms with Gasteiger partial charge in [0, 0.05) is 5.02 Å². The Bertz CT molecular complexity index is 1200. The van der Waals surface area contributed by atoms with Crippen LogP contribution in [-0.4, -0.2) is 64.9 Å². The smallest absolute Gasteiger partial charge is 0.325 e. The molecule has 0 aromatic heterocycles. The van der Waals surface area contributed by atoms with Gasteiger partial charge < -0.3 is 10.1 Å². The number of carbonyl (C=O) groups is 3. The highest BCUT2D eigenvalue weighted by Gasteiger charge is 2.46. The molecule has 0 saturated carbocycles. The SMILES string of the molecule is CC1(C)NC(=O)N(CC(C(c2ccc(Oc3ccc(Cl)cc3)cc2)=S(=O)=O)N(O)C=O)C1=O. The summed E-state index contributed by atoms with van der Waals surface area (Å²) in [7, 11) is -2.91. The Labute approximate surface area is 195 Å². The molecular formula is C21H20ClN3O7S. The van der Waals surface area contributed by atoms with E-state index in [0.717, 1.165) is 4.90 Å². The Kier molecular flexibility index (Phi) is 7.06. The van der Waals surface area contributed by atoms with Crippen LogP contribution in [0.25, 0.3) is 0 Å². The number of carbonyl (C=O) groups excluding carboxylic acids is 3. The number of hydrogen-bond acceptors (Lipinski definition) is 7. The van der Waals surface area contributed by atoms with Crippen molar-refractivity contribution in [2.45, 2.75) is 25.4 Å². The molecule has 0 bridgehead atoms. The number of nitrogens with zero attached hydrogens (tertiary/aromatic N) is 2. The Morgan fingerprint density at radius 2 is 1.70 bits per heavy atom. The van der Waals surface area contributed by atoms with Gasteiger partial charge in [-0.3, -0.25) is 19.7 Å². The number of benzene rings is 2. The lowest BCUT2D eigenvalue weighted by molar-refractivity contribution is -0.156. The van der Waals surface area contributed by atoms with Crippen LogP contribution in [0, 0.1) is 0 Å². The third kappa shape index (κ3) is 5.33. The van der Waals surface area contributed by atoms with E-state index in [1.54, 1.807) is 24.3 Å². The van der Waals surface area contributed by atoms with Crippen LogP contribution < -0.4 is 10.1 Å². The van der Waals surface area contributed by atoms with E-state index in [0.29, 0.717) is 16.5 Å². The van der Waals surface area contributed by atoms with Crippen LogP contribution in [0.5, 0.6) is 11.5 Å². The molecule has 0 spiro atoms. The summed E-state index contributed by atoms with van der Waals surface area (Å²) in [5, 5.41) is 13.2. The van der Waals surface area contributed by atoms with E-state index in [-0.39, 0.29) is 17.0 Å². The van der Waals surface area contributed by atoms with Crippen molar-refractivity contribution in [3.8, 4) is 11.5 Å². The van der Waals surface area contributed by atoms with E-state index < -0.39 is 45.2 Å². The van der Waals surface area contributed by atoms with Crippen molar-refractivity contribution in [1.82, 2.24) is 15.3 Å². The molecule has 12 heteroatoms. The Morgan fingerprint density at radius 1 is 1.15 bits per heavy atom. The van der Waals surface area contributed by atoms with E-state index in [9.17, 15) is 28.0 Å². The lowest BCUT2D eigenvalue weighted by Gasteiger charge is -2.26. The zero-order chi connectivity index (χ0) is 24.3. The number of hydrogen-bond donors (Lipinski definition) is 2. The summed E-state index contributed by atoms with van der Waals surface area (Å²) >= 11 is 5.85. The van der Waals surface area contributed by atoms with Gasteiger partial charge in [-0.05, 0) is 67.9 Å². The zero-order valence-corrected chi connectivity index (χ0v) is 19.1. The van der Waals surface area contributed by atoms with Crippen molar-refractivity contribution in [3.05, 3.63) is 59.1 Å². The molecule has 1 aliphatic heterocycles. The minimum atomic E-state index is -2.91. The Morgan fingerprint density at radius 3 is 2.15 bits per heavy atom. The number of halogens is 1. The molecule has 4 amide bonds. The van der Waals surface area contributed by atoms with Crippen LogP contribution in [0.3, 0.4) is 0 Å². The topological polar surface area (TPSA) is 133 Å². The van der Waals surface area contributed by atoms with Gasteiger partial charge in [0.2, 0.25) is 16.7 Å². The lowest BCUT2D eigenvalue weighted by atomic mass is 10.0. The van der Waals surface area contributed by atoms with Crippen molar-refractivity contribution >= 4 is 45.1 Å². The average molecular weight is 494 g/mol. The van der Waals surface area contributed by atoms with Gasteiger partial charge in [0.1, 0.15) is 27.9 Å². The van der Waals surface area contributed by atoms with E-state index >= 15 is 0 Å². The van der Waals surface area contributed by atoms with Gasteiger partial charge >= 0.3 is 6.03 Å². The lowest BCUT2D eigenvalue weighted by Crippen LogP contribution is -2.50. The summed E-state index contributed by atoms with van der Waals surface area (Å²) in [5.41, 5.74) is -1.08. The Hall–Kier alpha value is -3.41. The maximum Gasteiger partial charge on any atom is 0.325 e. The second-order valence-corrected chi connectivity index (χ2v) is 9.00. The summed E-state index contributed by atoms with van der Waals surface area (Å²) in [6.45, 7) is 2.39. The minimum absolute atomic E-state index is 0.000857. The molecule has 0 radical (unpaired) electrons. The normalized spacial score (nSPS) is 15.6. The molecule has 1 heterocycles. The van der Waals surface area contributed by atoms with Gasteiger partial charge in [-0.2, -0.15) is 8.42 Å². The van der Waals surface area contributed by atoms with Crippen molar-refractivity contribution in [3.63, 3.8) is 0 Å². The van der Waals surface area contributed by atoms with Gasteiger partial charge in [0.25, 0.3) is 5.91 Å². The van der Waals surface area contributed by atoms with Crippen LogP contribution in [0.15, 0.2) is 48.5 Å². The van der Waals surface area contributed by atoms with E-state index in [1.807, 2.05) is 0 Å². The van der Waals surface area contributed by atoms with Crippen molar-refractivity contribution < 1.29 is 32.7 Å². The second-order valence-electron chi connectivity index (χ2n) is 7.65. The largest absolute Gasteiger partial charge is 0.457 e. The summed E-state index contributed by atoms with van der Waals surface area (Å²) in [5.74, 6) is 0.269. The fourth-order valence-electron chi connectivity index (χ4n) is 3.24. The molecule has 1 unspecified atom stereocenters. The number of urea groups is 1. The molecule has 3 rings (SSSR count). The van der Waals surface area contributed by atoms with Crippen molar-refractivity contribution in [2.75, 3.05) is 6.54 Å². The molecule has 1 aliphatic rings. The summed E-state index contributed by atoms with van der Waals surface area (Å²) in [6, 6.07) is 10.1. The molecule has 0 aliphatic carbocycles. The summed E-state index contributed by atoms with van der Waals surface area (Å²) in [6.07, 6.45) is -0.000857. The van der Waals surface area contributed by atoms with Crippen LogP contribution in [0.1, 0.15) is 19.4 Å². The quantitative estimate of drug-likeness (QED) is 0.144. The first kappa shape index (κ1) is 24.2. The first-order valence-corrected chi connectivity index (χ1v) is 11.1. The highest BCUT2D eigenvalue weighted by molar-refractivity contribution is 7.73. The molecule has 1 fully saturated rings. The zero-order valence-electron chi connectivity index (χ0n) is 17.6. The molecule has 10 nitrogen and oxygen atoms in total. The Balaban J connectivity index is 1.91. The van der Waals surface area contributed by atoms with Crippen LogP contribution in [0.4, 0.5) is 4.79 Å².